The summed E-state index contributed by atoms with van der Waals surface area (Å²) in [6.45, 7) is 1.14. The first kappa shape index (κ1) is 24.2. The largest absolute Gasteiger partial charge is 0.390 e. The Morgan fingerprint density at radius 2 is 1.83 bits per heavy atom. The van der Waals surface area contributed by atoms with Crippen LogP contribution in [0, 0.1) is 5.92 Å². The molecule has 1 N–H and O–H groups in total. The molecule has 3 aromatic heterocycles. The number of aliphatic hydroxyl groups excluding tert-OH is 1. The average molecular weight is 486 g/mol. The quantitative estimate of drug-likeness (QED) is 0.538. The van der Waals surface area contributed by atoms with Gasteiger partial charge in [0.2, 0.25) is 0 Å². The zero-order valence-corrected chi connectivity index (χ0v) is 20.3. The van der Waals surface area contributed by atoms with Gasteiger partial charge in [0, 0.05) is 49.1 Å². The fraction of sp³-hybridized carbons (Fsp3) is 0.577. The van der Waals surface area contributed by atoms with Gasteiger partial charge in [-0.2, -0.15) is 5.10 Å². The van der Waals surface area contributed by atoms with Crippen molar-refractivity contribution >= 4 is 5.52 Å². The van der Waals surface area contributed by atoms with Gasteiger partial charge in [0.25, 0.3) is 5.92 Å². The summed E-state index contributed by atoms with van der Waals surface area (Å²) < 4.78 is 34.3. The second kappa shape index (κ2) is 9.87. The number of rotatable bonds is 7. The summed E-state index contributed by atoms with van der Waals surface area (Å²) in [5, 5.41) is 14.3. The Morgan fingerprint density at radius 3 is 2.49 bits per heavy atom. The van der Waals surface area contributed by atoms with Crippen LogP contribution in [0.1, 0.15) is 55.8 Å². The summed E-state index contributed by atoms with van der Waals surface area (Å²) in [4.78, 5) is 11.0. The van der Waals surface area contributed by atoms with Crippen molar-refractivity contribution in [3.8, 4) is 11.1 Å². The molecule has 7 nitrogen and oxygen atoms in total. The number of hydrogen-bond donors (Lipinski definition) is 1. The van der Waals surface area contributed by atoms with Gasteiger partial charge in [0.05, 0.1) is 23.9 Å². The maximum absolute atomic E-state index is 13.4. The lowest BCUT2D eigenvalue weighted by molar-refractivity contribution is -0.0366. The molecule has 5 rings (SSSR count). The lowest BCUT2D eigenvalue weighted by atomic mass is 9.79. The van der Waals surface area contributed by atoms with E-state index in [1.54, 1.807) is 12.4 Å². The Kier molecular flexibility index (Phi) is 6.83. The fourth-order valence-electron chi connectivity index (χ4n) is 5.55. The van der Waals surface area contributed by atoms with E-state index in [4.69, 9.17) is 4.74 Å². The Labute approximate surface area is 204 Å². The maximum atomic E-state index is 13.4. The fourth-order valence-corrected chi connectivity index (χ4v) is 5.55. The predicted molar refractivity (Wildman–Crippen MR) is 128 cm³/mol. The number of aromatic nitrogens is 4. The van der Waals surface area contributed by atoms with Crippen LogP contribution in [0.5, 0.6) is 0 Å². The summed E-state index contributed by atoms with van der Waals surface area (Å²) in [6.07, 6.45) is 9.17. The second-order valence-corrected chi connectivity index (χ2v) is 10.4. The van der Waals surface area contributed by atoms with Gasteiger partial charge in [-0.05, 0) is 69.3 Å². The molecular formula is C26H33F2N5O2. The SMILES string of the molecule is CN(C)CC1CCC(c2cnn3ccc(-c4cnc(CO[C@H]5CC(F)(F)C[C@@H]5O)nc4)cc23)CC1. The molecule has 0 aromatic carbocycles. The Bertz CT molecular complexity index is 1140. The molecule has 35 heavy (non-hydrogen) atoms. The van der Waals surface area contributed by atoms with Crippen LogP contribution in [0.25, 0.3) is 16.6 Å². The molecule has 2 aliphatic carbocycles. The van der Waals surface area contributed by atoms with Crippen LogP contribution in [-0.4, -0.2) is 68.4 Å². The van der Waals surface area contributed by atoms with Crippen molar-refractivity contribution in [3.63, 3.8) is 0 Å². The highest BCUT2D eigenvalue weighted by atomic mass is 19.3. The third kappa shape index (κ3) is 5.52. The van der Waals surface area contributed by atoms with Crippen LogP contribution in [0.15, 0.2) is 36.9 Å². The van der Waals surface area contributed by atoms with Crippen molar-refractivity contribution in [3.05, 3.63) is 48.3 Å². The standard InChI is InChI=1S/C26H33F2N5O2/c1-32(2)15-17-3-5-18(6-4-17)21-14-31-33-8-7-19(9-22(21)33)20-12-29-25(30-13-20)16-35-24-11-26(27,28)10-23(24)34/h7-9,12-14,17-18,23-24,34H,3-6,10-11,15-16H2,1-2H3/t17?,18?,23-,24-/m0/s1. The minimum absolute atomic E-state index is 0.0135. The highest BCUT2D eigenvalue weighted by Crippen LogP contribution is 2.39. The van der Waals surface area contributed by atoms with Crippen LogP contribution in [0.4, 0.5) is 8.78 Å². The average Bonchev–Trinajstić information content (AvgIpc) is 3.36. The predicted octanol–water partition coefficient (Wildman–Crippen LogP) is 4.30. The first-order chi connectivity index (χ1) is 16.8. The minimum Gasteiger partial charge on any atom is -0.390 e. The normalized spacial score (nSPS) is 26.6. The van der Waals surface area contributed by atoms with E-state index in [1.165, 1.54) is 31.2 Å². The van der Waals surface area contributed by atoms with Crippen molar-refractivity contribution in [1.29, 1.82) is 0 Å². The van der Waals surface area contributed by atoms with Crippen LogP contribution in [0.3, 0.4) is 0 Å². The van der Waals surface area contributed by atoms with E-state index in [0.29, 0.717) is 11.7 Å². The summed E-state index contributed by atoms with van der Waals surface area (Å²) in [5.41, 5.74) is 4.28. The molecule has 3 heterocycles. The molecule has 0 aliphatic heterocycles. The number of hydrogen-bond acceptors (Lipinski definition) is 6. The molecule has 3 aromatic rings. The van der Waals surface area contributed by atoms with E-state index >= 15 is 0 Å². The molecule has 9 heteroatoms. The Hall–Kier alpha value is -2.49. The minimum atomic E-state index is -2.88. The van der Waals surface area contributed by atoms with Crippen LogP contribution >= 0.6 is 0 Å². The third-order valence-corrected chi connectivity index (χ3v) is 7.36. The van der Waals surface area contributed by atoms with Gasteiger partial charge in [-0.15, -0.1) is 0 Å². The van der Waals surface area contributed by atoms with E-state index in [9.17, 15) is 13.9 Å². The molecule has 2 fully saturated rings. The van der Waals surface area contributed by atoms with Gasteiger partial charge < -0.3 is 14.7 Å². The smallest absolute Gasteiger partial charge is 0.253 e. The topological polar surface area (TPSA) is 75.8 Å². The van der Waals surface area contributed by atoms with E-state index in [-0.39, 0.29) is 6.61 Å². The number of alkyl halides is 2. The van der Waals surface area contributed by atoms with E-state index in [0.717, 1.165) is 29.1 Å². The number of pyridine rings is 1. The molecule has 2 saturated carbocycles. The molecule has 0 amide bonds. The molecule has 0 bridgehead atoms. The summed E-state index contributed by atoms with van der Waals surface area (Å²) in [6, 6.07) is 4.13. The highest BCUT2D eigenvalue weighted by Gasteiger charge is 2.46. The zero-order chi connectivity index (χ0) is 24.6. The van der Waals surface area contributed by atoms with Crippen molar-refractivity contribution in [1.82, 2.24) is 24.5 Å². The molecule has 0 spiro atoms. The first-order valence-electron chi connectivity index (χ1n) is 12.4. The van der Waals surface area contributed by atoms with E-state index in [2.05, 4.69) is 40.1 Å². The molecular weight excluding hydrogens is 452 g/mol. The van der Waals surface area contributed by atoms with Crippen LogP contribution in [-0.2, 0) is 11.3 Å². The molecule has 188 valence electrons. The molecule has 0 saturated heterocycles. The molecule has 2 aliphatic rings. The maximum Gasteiger partial charge on any atom is 0.253 e. The van der Waals surface area contributed by atoms with Crippen molar-refractivity contribution < 1.29 is 18.6 Å². The van der Waals surface area contributed by atoms with Gasteiger partial charge in [-0.25, -0.2) is 23.3 Å². The molecule has 2 atom stereocenters. The molecule has 0 unspecified atom stereocenters. The van der Waals surface area contributed by atoms with Gasteiger partial charge in [0.15, 0.2) is 5.82 Å². The van der Waals surface area contributed by atoms with E-state index in [1.807, 2.05) is 23.0 Å². The number of ether oxygens (including phenoxy) is 1. The van der Waals surface area contributed by atoms with Gasteiger partial charge in [0.1, 0.15) is 6.61 Å². The van der Waals surface area contributed by atoms with Crippen molar-refractivity contribution in [2.45, 2.75) is 69.2 Å². The third-order valence-electron chi connectivity index (χ3n) is 7.36. The monoisotopic (exact) mass is 485 g/mol. The summed E-state index contributed by atoms with van der Waals surface area (Å²) in [7, 11) is 4.28. The van der Waals surface area contributed by atoms with Gasteiger partial charge in [-0.1, -0.05) is 0 Å². The van der Waals surface area contributed by atoms with Crippen molar-refractivity contribution in [2.24, 2.45) is 5.92 Å². The van der Waals surface area contributed by atoms with Crippen molar-refractivity contribution in [2.75, 3.05) is 20.6 Å². The zero-order valence-electron chi connectivity index (χ0n) is 20.3. The summed E-state index contributed by atoms with van der Waals surface area (Å²) in [5.74, 6) is -1.19. The number of aliphatic hydroxyl groups is 1. The Balaban J connectivity index is 1.26. The second-order valence-electron chi connectivity index (χ2n) is 10.4. The van der Waals surface area contributed by atoms with Crippen LogP contribution in [0.2, 0.25) is 0 Å². The number of halogens is 2. The van der Waals surface area contributed by atoms with Gasteiger partial charge in [-0.3, -0.25) is 0 Å². The van der Waals surface area contributed by atoms with E-state index < -0.39 is 31.0 Å². The summed E-state index contributed by atoms with van der Waals surface area (Å²) >= 11 is 0. The highest BCUT2D eigenvalue weighted by molar-refractivity contribution is 5.69. The van der Waals surface area contributed by atoms with Crippen LogP contribution < -0.4 is 0 Å². The molecule has 0 radical (unpaired) electrons. The first-order valence-corrected chi connectivity index (χ1v) is 12.4. The van der Waals surface area contributed by atoms with Gasteiger partial charge >= 0.3 is 0 Å². The number of fused-ring (bicyclic) bond motifs is 1. The lowest BCUT2D eigenvalue weighted by Gasteiger charge is -2.30. The Morgan fingerprint density at radius 1 is 1.09 bits per heavy atom. The number of nitrogens with zero attached hydrogens (tertiary/aromatic N) is 5. The lowest BCUT2D eigenvalue weighted by Crippen LogP contribution is -2.25.